The Kier molecular flexibility index (Phi) is 5.92. The molecule has 0 fully saturated rings. The molecule has 12 aromatic rings. The van der Waals surface area contributed by atoms with Gasteiger partial charge in [-0.1, -0.05) is 103 Å². The molecule has 7 heteroatoms. The fourth-order valence-corrected chi connectivity index (χ4v) is 11.1. The molecule has 13 rings (SSSR count). The van der Waals surface area contributed by atoms with Crippen molar-refractivity contribution in [3.05, 3.63) is 158 Å². The number of furan rings is 1. The number of hydrogen-bond acceptors (Lipinski definition) is 5. The lowest BCUT2D eigenvalue weighted by atomic mass is 10.1. The smallest absolute Gasteiger partial charge is 0.180 e. The molecule has 55 heavy (non-hydrogen) atoms. The van der Waals surface area contributed by atoms with Gasteiger partial charge in [0.15, 0.2) is 11.4 Å². The molecule has 0 saturated carbocycles. The molecule has 0 atom stereocenters. The molecule has 5 aromatic heterocycles. The Balaban J connectivity index is 1.05. The second kappa shape index (κ2) is 10.9. The molecule has 0 aliphatic carbocycles. The van der Waals surface area contributed by atoms with E-state index in [-0.39, 0.29) is 0 Å². The summed E-state index contributed by atoms with van der Waals surface area (Å²) < 4.78 is 13.9. The van der Waals surface area contributed by atoms with E-state index in [1.54, 1.807) is 11.3 Å². The Hall–Kier alpha value is -6.67. The van der Waals surface area contributed by atoms with Gasteiger partial charge < -0.3 is 4.42 Å². The normalized spacial score (nSPS) is 12.7. The number of rotatable bonds is 3. The van der Waals surface area contributed by atoms with Crippen LogP contribution in [0.4, 0.5) is 0 Å². The molecule has 5 nitrogen and oxygen atoms in total. The second-order valence-electron chi connectivity index (χ2n) is 14.1. The van der Waals surface area contributed by atoms with Crippen LogP contribution in [-0.4, -0.2) is 19.1 Å². The average molecular weight is 739 g/mol. The molecule has 0 N–H and O–H groups in total. The van der Waals surface area contributed by atoms with Crippen LogP contribution in [0, 0.1) is 0 Å². The van der Waals surface area contributed by atoms with Crippen LogP contribution in [0.15, 0.2) is 172 Å². The highest BCUT2D eigenvalue weighted by molar-refractivity contribution is 7.99. The van der Waals surface area contributed by atoms with Gasteiger partial charge in [0.1, 0.15) is 22.4 Å². The number of aromatic nitrogens is 4. The van der Waals surface area contributed by atoms with Crippen molar-refractivity contribution in [2.45, 2.75) is 9.79 Å². The molecule has 0 saturated heterocycles. The first kappa shape index (κ1) is 29.7. The molecular weight excluding hydrogens is 713 g/mol. The Labute approximate surface area is 321 Å². The number of hydrogen-bond donors (Lipinski definition) is 0. The van der Waals surface area contributed by atoms with Crippen LogP contribution >= 0.6 is 23.1 Å². The van der Waals surface area contributed by atoms with E-state index in [0.717, 1.165) is 39.0 Å². The second-order valence-corrected chi connectivity index (χ2v) is 16.2. The van der Waals surface area contributed by atoms with Crippen molar-refractivity contribution in [3.63, 3.8) is 0 Å². The molecule has 0 spiro atoms. The van der Waals surface area contributed by atoms with Crippen molar-refractivity contribution in [2.75, 3.05) is 0 Å². The monoisotopic (exact) mass is 738 g/mol. The van der Waals surface area contributed by atoms with E-state index in [0.29, 0.717) is 11.4 Å². The van der Waals surface area contributed by atoms with Crippen LogP contribution in [0.2, 0.25) is 0 Å². The minimum absolute atomic E-state index is 0.667. The molecular formula is C48H26N4OS2. The van der Waals surface area contributed by atoms with Crippen molar-refractivity contribution in [3.8, 4) is 34.0 Å². The van der Waals surface area contributed by atoms with Crippen LogP contribution in [0.5, 0.6) is 0 Å². The van der Waals surface area contributed by atoms with Crippen molar-refractivity contribution in [2.24, 2.45) is 0 Å². The maximum Gasteiger partial charge on any atom is 0.180 e. The number of thiophene rings is 1. The first-order chi connectivity index (χ1) is 27.3. The Morgan fingerprint density at radius 3 is 2.20 bits per heavy atom. The predicted octanol–water partition coefficient (Wildman–Crippen LogP) is 13.6. The number of para-hydroxylation sites is 4. The number of nitrogens with zero attached hydrogens (tertiary/aromatic N) is 4. The van der Waals surface area contributed by atoms with E-state index in [4.69, 9.17) is 14.4 Å². The molecule has 1 aliphatic heterocycles. The van der Waals surface area contributed by atoms with Gasteiger partial charge in [0.25, 0.3) is 0 Å². The number of benzene rings is 7. The van der Waals surface area contributed by atoms with Gasteiger partial charge in [0, 0.05) is 68.3 Å². The van der Waals surface area contributed by atoms with E-state index in [1.807, 2.05) is 30.0 Å². The van der Waals surface area contributed by atoms with E-state index >= 15 is 0 Å². The van der Waals surface area contributed by atoms with E-state index in [9.17, 15) is 0 Å². The Morgan fingerprint density at radius 2 is 1.27 bits per heavy atom. The third-order valence-electron chi connectivity index (χ3n) is 11.1. The van der Waals surface area contributed by atoms with Gasteiger partial charge in [0.05, 0.1) is 16.7 Å². The number of fused-ring (bicyclic) bond motifs is 13. The van der Waals surface area contributed by atoms with E-state index in [2.05, 4.69) is 149 Å². The minimum Gasteiger partial charge on any atom is -0.452 e. The Bertz CT molecular complexity index is 3590. The minimum atomic E-state index is 0.667. The molecule has 256 valence electrons. The molecule has 7 aromatic carbocycles. The summed E-state index contributed by atoms with van der Waals surface area (Å²) in [5.41, 5.74) is 11.0. The lowest BCUT2D eigenvalue weighted by Gasteiger charge is -2.21. The highest BCUT2D eigenvalue weighted by Crippen LogP contribution is 2.49. The van der Waals surface area contributed by atoms with Crippen LogP contribution in [0.1, 0.15) is 0 Å². The highest BCUT2D eigenvalue weighted by atomic mass is 32.2. The summed E-state index contributed by atoms with van der Waals surface area (Å²) in [7, 11) is 0. The summed E-state index contributed by atoms with van der Waals surface area (Å²) in [4.78, 5) is 13.1. The van der Waals surface area contributed by atoms with Crippen molar-refractivity contribution < 1.29 is 4.42 Å². The maximum atomic E-state index is 6.56. The van der Waals surface area contributed by atoms with Gasteiger partial charge in [-0.2, -0.15) is 0 Å². The average Bonchev–Trinajstić information content (AvgIpc) is 3.99. The van der Waals surface area contributed by atoms with E-state index < -0.39 is 0 Å². The Morgan fingerprint density at radius 1 is 0.545 bits per heavy atom. The summed E-state index contributed by atoms with van der Waals surface area (Å²) in [6.45, 7) is 0. The first-order valence-corrected chi connectivity index (χ1v) is 20.0. The largest absolute Gasteiger partial charge is 0.452 e. The molecule has 1 aliphatic rings. The van der Waals surface area contributed by atoms with Crippen molar-refractivity contribution >= 4 is 98.2 Å². The van der Waals surface area contributed by atoms with Crippen molar-refractivity contribution in [1.82, 2.24) is 19.1 Å². The van der Waals surface area contributed by atoms with E-state index in [1.165, 1.54) is 68.5 Å². The lowest BCUT2D eigenvalue weighted by molar-refractivity contribution is 0.667. The maximum absolute atomic E-state index is 6.56. The van der Waals surface area contributed by atoms with Gasteiger partial charge in [-0.3, -0.25) is 9.13 Å². The third-order valence-corrected chi connectivity index (χ3v) is 13.5. The summed E-state index contributed by atoms with van der Waals surface area (Å²) in [6.07, 6.45) is 0. The first-order valence-electron chi connectivity index (χ1n) is 18.3. The van der Waals surface area contributed by atoms with Crippen LogP contribution in [-0.2, 0) is 0 Å². The third kappa shape index (κ3) is 4.03. The topological polar surface area (TPSA) is 48.8 Å². The van der Waals surface area contributed by atoms with Gasteiger partial charge in [-0.15, -0.1) is 11.3 Å². The van der Waals surface area contributed by atoms with Gasteiger partial charge >= 0.3 is 0 Å². The molecule has 0 bridgehead atoms. The summed E-state index contributed by atoms with van der Waals surface area (Å²) in [6, 6.07) is 56.2. The fourth-order valence-electron chi connectivity index (χ4n) is 8.79. The molecule has 0 radical (unpaired) electrons. The quantitative estimate of drug-likeness (QED) is 0.181. The lowest BCUT2D eigenvalue weighted by Crippen LogP contribution is -2.05. The molecule has 0 unspecified atom stereocenters. The zero-order valence-corrected chi connectivity index (χ0v) is 30.7. The van der Waals surface area contributed by atoms with Crippen LogP contribution < -0.4 is 0 Å². The fraction of sp³-hybridized carbons (Fsp3) is 0. The molecule has 0 amide bonds. The van der Waals surface area contributed by atoms with Gasteiger partial charge in [-0.25, -0.2) is 9.97 Å². The highest BCUT2D eigenvalue weighted by Gasteiger charge is 2.28. The van der Waals surface area contributed by atoms with Crippen LogP contribution in [0.3, 0.4) is 0 Å². The zero-order chi connectivity index (χ0) is 35.8. The molecule has 6 heterocycles. The van der Waals surface area contributed by atoms with Crippen molar-refractivity contribution in [1.29, 1.82) is 0 Å². The SMILES string of the molecule is c1ccc2c(c1)Sc1cccc3c4c5ccccc5n(-c5ccc(-c6nc(-c7cccc8c7sc7ccccc78)c7oc8ccccc8c7n6)cc5)c4n-2c13. The standard InChI is InChI=1S/C48H26N4OS2/c1-4-17-35-31(12-1)41-33-15-10-22-40-44(33)52(36-18-5-8-21-39(36)54-40)48(41)51(35)28-25-23-27(24-26-28)47-49-42-32-13-2-6-19-37(32)53-45(42)43(50-47)34-16-9-14-30-29-11-3-7-20-38(29)55-46(30)34/h1-26H. The summed E-state index contributed by atoms with van der Waals surface area (Å²) >= 11 is 3.65. The van der Waals surface area contributed by atoms with Gasteiger partial charge in [-0.05, 0) is 66.7 Å². The predicted molar refractivity (Wildman–Crippen MR) is 228 cm³/mol. The zero-order valence-electron chi connectivity index (χ0n) is 29.0. The summed E-state index contributed by atoms with van der Waals surface area (Å²) in [5.74, 6) is 0.667. The van der Waals surface area contributed by atoms with Gasteiger partial charge in [0.2, 0.25) is 0 Å². The summed E-state index contributed by atoms with van der Waals surface area (Å²) in [5, 5.41) is 7.25. The van der Waals surface area contributed by atoms with Crippen LogP contribution in [0.25, 0.3) is 109 Å².